The van der Waals surface area contributed by atoms with E-state index in [0.717, 1.165) is 11.3 Å². The number of benzene rings is 3. The summed E-state index contributed by atoms with van der Waals surface area (Å²) in [6.07, 6.45) is 0. The minimum atomic E-state index is -1.46. The quantitative estimate of drug-likeness (QED) is 0.528. The van der Waals surface area contributed by atoms with Crippen molar-refractivity contribution in [3.63, 3.8) is 0 Å². The Kier molecular flexibility index (Phi) is 2.80. The number of nitrogens with zero attached hydrogens (tertiary/aromatic N) is 1. The van der Waals surface area contributed by atoms with Gasteiger partial charge in [-0.25, -0.2) is 0 Å². The molecule has 0 bridgehead atoms. The minimum Gasteiger partial charge on any atom is -0.423 e. The van der Waals surface area contributed by atoms with Crippen LogP contribution in [0.5, 0.6) is 0 Å². The molecule has 0 amide bonds. The number of hydrogen-bond acceptors (Lipinski definition) is 2. The summed E-state index contributed by atoms with van der Waals surface area (Å²) in [5.41, 5.74) is 6.22. The van der Waals surface area contributed by atoms with Gasteiger partial charge in [-0.15, -0.1) is 0 Å². The summed E-state index contributed by atoms with van der Waals surface area (Å²) in [6, 6.07) is 20.7. The monoisotopic (exact) mass is 327 g/mol. The molecule has 0 spiro atoms. The highest BCUT2D eigenvalue weighted by Crippen LogP contribution is 2.46. The van der Waals surface area contributed by atoms with E-state index in [1.54, 1.807) is 6.07 Å². The van der Waals surface area contributed by atoms with Crippen molar-refractivity contribution in [1.82, 2.24) is 4.57 Å². The predicted octanol–water partition coefficient (Wildman–Crippen LogP) is 3.10. The van der Waals surface area contributed by atoms with Crippen molar-refractivity contribution in [2.45, 2.75) is 19.3 Å². The van der Waals surface area contributed by atoms with E-state index in [2.05, 4.69) is 60.9 Å². The van der Waals surface area contributed by atoms with Gasteiger partial charge in [0.05, 0.1) is 16.7 Å². The maximum atomic E-state index is 9.62. The number of hydrogen-bond donors (Lipinski definition) is 2. The van der Waals surface area contributed by atoms with E-state index >= 15 is 0 Å². The normalized spacial score (nSPS) is 14.7. The molecule has 0 saturated carbocycles. The van der Waals surface area contributed by atoms with Gasteiger partial charge in [-0.05, 0) is 28.7 Å². The minimum absolute atomic E-state index is 0.218. The van der Waals surface area contributed by atoms with Gasteiger partial charge in [0.2, 0.25) is 0 Å². The summed E-state index contributed by atoms with van der Waals surface area (Å²) < 4.78 is 2.31. The van der Waals surface area contributed by atoms with E-state index in [-0.39, 0.29) is 5.41 Å². The Labute approximate surface area is 146 Å². The molecule has 1 aromatic heterocycles. The lowest BCUT2D eigenvalue weighted by molar-refractivity contribution is 0.425. The van der Waals surface area contributed by atoms with Gasteiger partial charge >= 0.3 is 7.12 Å². The van der Waals surface area contributed by atoms with Gasteiger partial charge in [-0.1, -0.05) is 62.4 Å². The Bertz CT molecular complexity index is 1160. The molecule has 0 unspecified atom stereocenters. The molecule has 5 rings (SSSR count). The third kappa shape index (κ3) is 1.78. The first-order valence-corrected chi connectivity index (χ1v) is 8.54. The fourth-order valence-electron chi connectivity index (χ4n) is 4.33. The summed E-state index contributed by atoms with van der Waals surface area (Å²) >= 11 is 0. The largest absolute Gasteiger partial charge is 0.488 e. The van der Waals surface area contributed by atoms with Crippen molar-refractivity contribution in [2.24, 2.45) is 0 Å². The van der Waals surface area contributed by atoms with Gasteiger partial charge in [0.25, 0.3) is 0 Å². The van der Waals surface area contributed by atoms with Crippen molar-refractivity contribution in [3.8, 4) is 5.69 Å². The second-order valence-electron chi connectivity index (χ2n) is 7.33. The molecule has 25 heavy (non-hydrogen) atoms. The smallest absolute Gasteiger partial charge is 0.423 e. The number of rotatable bonds is 1. The molecule has 122 valence electrons. The van der Waals surface area contributed by atoms with E-state index in [9.17, 15) is 10.0 Å². The molecule has 0 aliphatic carbocycles. The van der Waals surface area contributed by atoms with Crippen LogP contribution in [-0.4, -0.2) is 21.7 Å². The van der Waals surface area contributed by atoms with Crippen LogP contribution in [0.15, 0.2) is 60.7 Å². The number of aromatic nitrogens is 1. The summed E-state index contributed by atoms with van der Waals surface area (Å²) in [6.45, 7) is 4.41. The van der Waals surface area contributed by atoms with Crippen molar-refractivity contribution in [3.05, 3.63) is 71.8 Å². The molecule has 4 heteroatoms. The molecule has 2 N–H and O–H groups in total. The van der Waals surface area contributed by atoms with Gasteiger partial charge in [-0.3, -0.25) is 0 Å². The van der Waals surface area contributed by atoms with Crippen LogP contribution >= 0.6 is 0 Å². The average Bonchev–Trinajstić information content (AvgIpc) is 2.95. The average molecular weight is 327 g/mol. The summed E-state index contributed by atoms with van der Waals surface area (Å²) in [5.74, 6) is 0. The lowest BCUT2D eigenvalue weighted by Gasteiger charge is -2.35. The molecule has 0 radical (unpaired) electrons. The van der Waals surface area contributed by atoms with Crippen LogP contribution in [0.2, 0.25) is 0 Å². The van der Waals surface area contributed by atoms with Crippen LogP contribution in [0, 0.1) is 0 Å². The predicted molar refractivity (Wildman–Crippen MR) is 103 cm³/mol. The highest BCUT2D eigenvalue weighted by molar-refractivity contribution is 6.58. The molecule has 1 aliphatic rings. The molecule has 3 aromatic carbocycles. The van der Waals surface area contributed by atoms with Gasteiger partial charge in [-0.2, -0.15) is 0 Å². The molecule has 3 nitrogen and oxygen atoms in total. The Hall–Kier alpha value is -2.56. The van der Waals surface area contributed by atoms with Crippen molar-refractivity contribution in [2.75, 3.05) is 0 Å². The first-order chi connectivity index (χ1) is 12.0. The fourth-order valence-corrected chi connectivity index (χ4v) is 4.33. The molecule has 2 heterocycles. The van der Waals surface area contributed by atoms with Crippen molar-refractivity contribution in [1.29, 1.82) is 0 Å². The summed E-state index contributed by atoms with van der Waals surface area (Å²) in [4.78, 5) is 0. The van der Waals surface area contributed by atoms with Gasteiger partial charge in [0.15, 0.2) is 0 Å². The highest BCUT2D eigenvalue weighted by atomic mass is 16.4. The van der Waals surface area contributed by atoms with Gasteiger partial charge < -0.3 is 14.6 Å². The molecule has 4 aromatic rings. The van der Waals surface area contributed by atoms with Crippen LogP contribution in [0.1, 0.15) is 25.0 Å². The van der Waals surface area contributed by atoms with Crippen LogP contribution in [0.25, 0.3) is 27.5 Å². The van der Waals surface area contributed by atoms with E-state index in [0.29, 0.717) is 5.46 Å². The Morgan fingerprint density at radius 3 is 2.40 bits per heavy atom. The van der Waals surface area contributed by atoms with Crippen molar-refractivity contribution < 1.29 is 10.0 Å². The standard InChI is InChI=1S/C21H18BNO2/c1-21(2)16-8-5-7-15-14-6-3-4-9-18(14)23(20(15)16)19-11-10-13(22(24)25)12-17(19)21/h3-12,24-25H,1-2H3. The second-order valence-corrected chi connectivity index (χ2v) is 7.33. The maximum absolute atomic E-state index is 9.62. The van der Waals surface area contributed by atoms with Crippen LogP contribution in [-0.2, 0) is 5.41 Å². The first kappa shape index (κ1) is 14.8. The maximum Gasteiger partial charge on any atom is 0.488 e. The third-order valence-electron chi connectivity index (χ3n) is 5.60. The van der Waals surface area contributed by atoms with Crippen LogP contribution in [0.4, 0.5) is 0 Å². The first-order valence-electron chi connectivity index (χ1n) is 8.54. The van der Waals surface area contributed by atoms with E-state index in [1.807, 2.05) is 12.1 Å². The van der Waals surface area contributed by atoms with Crippen molar-refractivity contribution >= 4 is 34.4 Å². The molecular formula is C21H18BNO2. The SMILES string of the molecule is CC1(C)c2cc(B(O)O)ccc2-n2c3ccccc3c3cccc1c32. The molecular weight excluding hydrogens is 309 g/mol. The molecule has 0 atom stereocenters. The van der Waals surface area contributed by atoms with E-state index in [4.69, 9.17) is 0 Å². The topological polar surface area (TPSA) is 45.4 Å². The zero-order chi connectivity index (χ0) is 17.3. The Morgan fingerprint density at radius 1 is 0.840 bits per heavy atom. The number of fused-ring (bicyclic) bond motifs is 5. The third-order valence-corrected chi connectivity index (χ3v) is 5.60. The summed E-state index contributed by atoms with van der Waals surface area (Å²) in [5, 5.41) is 21.8. The lowest BCUT2D eigenvalue weighted by atomic mass is 9.71. The van der Waals surface area contributed by atoms with E-state index in [1.165, 1.54) is 27.4 Å². The fraction of sp³-hybridized carbons (Fsp3) is 0.143. The Morgan fingerprint density at radius 2 is 1.60 bits per heavy atom. The molecule has 0 saturated heterocycles. The molecule has 1 aliphatic heterocycles. The molecule has 0 fully saturated rings. The highest BCUT2D eigenvalue weighted by Gasteiger charge is 2.35. The van der Waals surface area contributed by atoms with Crippen LogP contribution < -0.4 is 5.46 Å². The Balaban J connectivity index is 2.02. The van der Waals surface area contributed by atoms with E-state index < -0.39 is 7.12 Å². The lowest BCUT2D eigenvalue weighted by Crippen LogP contribution is -2.34. The zero-order valence-corrected chi connectivity index (χ0v) is 14.2. The number of para-hydroxylation sites is 2. The van der Waals surface area contributed by atoms with Gasteiger partial charge in [0.1, 0.15) is 0 Å². The second kappa shape index (κ2) is 4.75. The summed E-state index contributed by atoms with van der Waals surface area (Å²) in [7, 11) is -1.46. The zero-order valence-electron chi connectivity index (χ0n) is 14.2. The van der Waals surface area contributed by atoms with Crippen LogP contribution in [0.3, 0.4) is 0 Å². The van der Waals surface area contributed by atoms with Gasteiger partial charge in [0, 0.05) is 16.2 Å².